The predicted octanol–water partition coefficient (Wildman–Crippen LogP) is 4.71. The van der Waals surface area contributed by atoms with Crippen molar-refractivity contribution < 1.29 is 33.0 Å². The van der Waals surface area contributed by atoms with Crippen molar-refractivity contribution in [2.45, 2.75) is 32.7 Å². The standard InChI is InChI=1S/C38H47ClF2N8O5/c1-24-30(22-49(44-24)17-18-54-5)27-11-12-29(35(41)34(27)40)32-20-42-36(46(32)4)37(52)43-26-9-10-28(31(39)19-26)38(53)48-15-13-47(14-16-48)33(51)8-6-7-25(23-50)21-45(2)3/h9-12,19-20,22,25,50H,6-8,13-18,21,23H2,1-5H3,(H,43,52). The Morgan fingerprint density at radius 1 is 1.04 bits per heavy atom. The number of carbonyl (C=O) groups excluding carboxylic acids is 3. The van der Waals surface area contributed by atoms with E-state index in [1.807, 2.05) is 19.0 Å². The number of nitrogens with zero attached hydrogens (tertiary/aromatic N) is 7. The van der Waals surface area contributed by atoms with Crippen molar-refractivity contribution in [2.75, 3.05) is 72.5 Å². The molecular weight excluding hydrogens is 722 g/mol. The maximum absolute atomic E-state index is 15.5. The Morgan fingerprint density at radius 3 is 2.39 bits per heavy atom. The third kappa shape index (κ3) is 9.32. The number of ether oxygens (including phenoxy) is 1. The van der Waals surface area contributed by atoms with Gasteiger partial charge in [-0.3, -0.25) is 19.1 Å². The van der Waals surface area contributed by atoms with Crippen LogP contribution in [0.25, 0.3) is 22.4 Å². The second-order valence-electron chi connectivity index (χ2n) is 13.7. The number of nitrogens with one attached hydrogen (secondary N) is 1. The van der Waals surface area contributed by atoms with Gasteiger partial charge in [-0.1, -0.05) is 17.7 Å². The van der Waals surface area contributed by atoms with Crippen LogP contribution >= 0.6 is 11.6 Å². The molecule has 1 aliphatic rings. The summed E-state index contributed by atoms with van der Waals surface area (Å²) in [5, 5.41) is 16.8. The molecule has 2 N–H and O–H groups in total. The minimum atomic E-state index is -1.09. The highest BCUT2D eigenvalue weighted by atomic mass is 35.5. The summed E-state index contributed by atoms with van der Waals surface area (Å²) in [5.41, 5.74) is 1.72. The van der Waals surface area contributed by atoms with Crippen LogP contribution in [0.1, 0.15) is 45.9 Å². The lowest BCUT2D eigenvalue weighted by Gasteiger charge is -2.35. The average molecular weight is 769 g/mol. The van der Waals surface area contributed by atoms with Crippen molar-refractivity contribution >= 4 is 35.0 Å². The zero-order chi connectivity index (χ0) is 39.1. The Hall–Kier alpha value is -4.70. The highest BCUT2D eigenvalue weighted by Gasteiger charge is 2.27. The molecule has 2 aromatic heterocycles. The van der Waals surface area contributed by atoms with Crippen LogP contribution in [0.3, 0.4) is 0 Å². The van der Waals surface area contributed by atoms with Gasteiger partial charge in [0.2, 0.25) is 5.91 Å². The van der Waals surface area contributed by atoms with E-state index in [0.29, 0.717) is 69.1 Å². The molecule has 1 aliphatic heterocycles. The van der Waals surface area contributed by atoms with E-state index in [2.05, 4.69) is 15.4 Å². The van der Waals surface area contributed by atoms with Gasteiger partial charge >= 0.3 is 0 Å². The van der Waals surface area contributed by atoms with Crippen molar-refractivity contribution in [1.82, 2.24) is 34.0 Å². The minimum absolute atomic E-state index is 0.0327. The molecule has 0 aliphatic carbocycles. The number of aliphatic hydroxyl groups is 1. The number of halogens is 3. The van der Waals surface area contributed by atoms with Crippen LogP contribution in [-0.2, 0) is 23.1 Å². The zero-order valence-electron chi connectivity index (χ0n) is 31.2. The Labute approximate surface area is 318 Å². The number of anilines is 1. The first-order valence-electron chi connectivity index (χ1n) is 17.8. The van der Waals surface area contributed by atoms with Crippen LogP contribution in [0.4, 0.5) is 14.5 Å². The highest BCUT2D eigenvalue weighted by Crippen LogP contribution is 2.33. The van der Waals surface area contributed by atoms with Crippen LogP contribution in [0.2, 0.25) is 5.02 Å². The summed E-state index contributed by atoms with van der Waals surface area (Å²) in [6, 6.07) is 7.44. The smallest absolute Gasteiger partial charge is 0.291 e. The second-order valence-corrected chi connectivity index (χ2v) is 14.1. The number of aromatic nitrogens is 4. The molecule has 0 radical (unpaired) electrons. The summed E-state index contributed by atoms with van der Waals surface area (Å²) in [7, 11) is 7.00. The van der Waals surface area contributed by atoms with Crippen molar-refractivity contribution in [2.24, 2.45) is 13.0 Å². The van der Waals surface area contributed by atoms with Gasteiger partial charge in [0.05, 0.1) is 41.3 Å². The number of hydrogen-bond donors (Lipinski definition) is 2. The van der Waals surface area contributed by atoms with Gasteiger partial charge in [0.15, 0.2) is 17.5 Å². The number of imidazole rings is 1. The molecule has 3 heterocycles. The predicted molar refractivity (Wildman–Crippen MR) is 201 cm³/mol. The van der Waals surface area contributed by atoms with Gasteiger partial charge in [-0.15, -0.1) is 0 Å². The van der Waals surface area contributed by atoms with Crippen molar-refractivity contribution in [3.8, 4) is 22.4 Å². The molecule has 1 fully saturated rings. The number of hydrogen-bond acceptors (Lipinski definition) is 8. The molecule has 0 saturated carbocycles. The van der Waals surface area contributed by atoms with Crippen LogP contribution in [0.5, 0.6) is 0 Å². The molecule has 0 bridgehead atoms. The van der Waals surface area contributed by atoms with E-state index in [9.17, 15) is 19.5 Å². The molecule has 54 heavy (non-hydrogen) atoms. The Balaban J connectivity index is 1.18. The molecule has 0 spiro atoms. The van der Waals surface area contributed by atoms with Gasteiger partial charge in [0.1, 0.15) is 0 Å². The first-order valence-corrected chi connectivity index (χ1v) is 18.2. The zero-order valence-corrected chi connectivity index (χ0v) is 32.0. The molecule has 1 saturated heterocycles. The Bertz CT molecular complexity index is 1970. The maximum atomic E-state index is 15.5. The summed E-state index contributed by atoms with van der Waals surface area (Å²) in [6.45, 7) is 4.97. The SMILES string of the molecule is COCCn1cc(-c2ccc(-c3cnc(C(=O)Nc4ccc(C(=O)N5CCN(C(=O)CCCC(CO)CN(C)C)CC5)c(Cl)c4)n3C)c(F)c2F)c(C)n1. The van der Waals surface area contributed by atoms with Crippen molar-refractivity contribution in [3.05, 3.63) is 76.5 Å². The van der Waals surface area contributed by atoms with Crippen LogP contribution in [0, 0.1) is 24.5 Å². The molecule has 1 unspecified atom stereocenters. The van der Waals surface area contributed by atoms with Crippen molar-refractivity contribution in [1.29, 1.82) is 0 Å². The van der Waals surface area contributed by atoms with Gasteiger partial charge in [0.25, 0.3) is 11.8 Å². The maximum Gasteiger partial charge on any atom is 0.291 e. The number of rotatable bonds is 15. The van der Waals surface area contributed by atoms with Crippen molar-refractivity contribution in [3.63, 3.8) is 0 Å². The number of piperazine rings is 1. The summed E-state index contributed by atoms with van der Waals surface area (Å²) >= 11 is 6.52. The molecule has 1 atom stereocenters. The lowest BCUT2D eigenvalue weighted by Crippen LogP contribution is -2.50. The molecule has 16 heteroatoms. The fourth-order valence-corrected chi connectivity index (χ4v) is 6.91. The quantitative estimate of drug-likeness (QED) is 0.178. The van der Waals surface area contributed by atoms with E-state index in [-0.39, 0.29) is 57.6 Å². The van der Waals surface area contributed by atoms with E-state index in [1.165, 1.54) is 42.1 Å². The number of methoxy groups -OCH3 is 1. The molecule has 3 amide bonds. The van der Waals surface area contributed by atoms with Gasteiger partial charge in [0, 0.05) is 88.5 Å². The lowest BCUT2D eigenvalue weighted by atomic mass is 10.0. The fourth-order valence-electron chi connectivity index (χ4n) is 6.65. The summed E-state index contributed by atoms with van der Waals surface area (Å²) in [5.74, 6) is -2.95. The van der Waals surface area contributed by atoms with Crippen LogP contribution in [0.15, 0.2) is 42.7 Å². The Morgan fingerprint density at radius 2 is 1.72 bits per heavy atom. The molecule has 13 nitrogen and oxygen atoms in total. The monoisotopic (exact) mass is 768 g/mol. The van der Waals surface area contributed by atoms with Gasteiger partial charge < -0.3 is 34.4 Å². The highest BCUT2D eigenvalue weighted by molar-refractivity contribution is 6.34. The molecular formula is C38H47ClF2N8O5. The van der Waals surface area contributed by atoms with E-state index < -0.39 is 17.5 Å². The third-order valence-corrected chi connectivity index (χ3v) is 9.88. The van der Waals surface area contributed by atoms with E-state index in [4.69, 9.17) is 16.3 Å². The first-order chi connectivity index (χ1) is 25.8. The molecule has 290 valence electrons. The first kappa shape index (κ1) is 40.5. The molecule has 2 aromatic carbocycles. The van der Waals surface area contributed by atoms with E-state index in [0.717, 1.165) is 13.0 Å². The minimum Gasteiger partial charge on any atom is -0.396 e. The Kier molecular flexibility index (Phi) is 13.6. The number of amides is 3. The normalized spacial score (nSPS) is 13.8. The average Bonchev–Trinajstić information content (AvgIpc) is 3.72. The second kappa shape index (κ2) is 18.1. The van der Waals surface area contributed by atoms with Gasteiger partial charge in [-0.05, 0) is 64.0 Å². The third-order valence-electron chi connectivity index (χ3n) is 9.57. The number of aryl methyl sites for hydroxylation is 1. The molecule has 5 rings (SSSR count). The topological polar surface area (TPSA) is 138 Å². The van der Waals surface area contributed by atoms with Gasteiger partial charge in [-0.25, -0.2) is 13.8 Å². The van der Waals surface area contributed by atoms with E-state index >= 15 is 8.78 Å². The number of aliphatic hydroxyl groups excluding tert-OH is 1. The number of carbonyl (C=O) groups is 3. The lowest BCUT2D eigenvalue weighted by molar-refractivity contribution is -0.132. The fraction of sp³-hybridized carbons (Fsp3) is 0.447. The molecule has 4 aromatic rings. The van der Waals surface area contributed by atoms with Gasteiger partial charge in [-0.2, -0.15) is 5.10 Å². The summed E-state index contributed by atoms with van der Waals surface area (Å²) in [6.07, 6.45) is 4.78. The summed E-state index contributed by atoms with van der Waals surface area (Å²) in [4.78, 5) is 49.0. The largest absolute Gasteiger partial charge is 0.396 e. The van der Waals surface area contributed by atoms with Crippen LogP contribution < -0.4 is 5.32 Å². The summed E-state index contributed by atoms with van der Waals surface area (Å²) < 4.78 is 39.0. The van der Waals surface area contributed by atoms with Crippen LogP contribution in [-0.4, -0.2) is 124 Å². The number of benzene rings is 2. The van der Waals surface area contributed by atoms with E-state index in [1.54, 1.807) is 40.8 Å².